The topological polar surface area (TPSA) is 65.5 Å². The van der Waals surface area contributed by atoms with Gasteiger partial charge in [0.15, 0.2) is 5.69 Å². The number of hydrogen-bond donors (Lipinski definition) is 0. The lowest BCUT2D eigenvalue weighted by molar-refractivity contribution is -0.153. The summed E-state index contributed by atoms with van der Waals surface area (Å²) in [4.78, 5) is 30.8. The maximum absolute atomic E-state index is 12.3. The zero-order valence-electron chi connectivity index (χ0n) is 18.2. The van der Waals surface area contributed by atoms with Crippen LogP contribution in [0.3, 0.4) is 0 Å². The molecule has 1 unspecified atom stereocenters. The second-order valence-electron chi connectivity index (χ2n) is 7.87. The third-order valence-electron chi connectivity index (χ3n) is 4.19. The maximum atomic E-state index is 12.3. The molecule has 1 heterocycles. The van der Waals surface area contributed by atoms with Gasteiger partial charge in [-0.05, 0) is 45.4 Å². The van der Waals surface area contributed by atoms with Crippen LogP contribution in [0.25, 0.3) is 21.0 Å². The molecule has 0 spiro atoms. The lowest BCUT2D eigenvalue weighted by atomic mass is 10.1. The fourth-order valence-electron chi connectivity index (χ4n) is 2.78. The summed E-state index contributed by atoms with van der Waals surface area (Å²) in [7, 11) is 1.36. The van der Waals surface area contributed by atoms with E-state index in [-0.39, 0.29) is 11.2 Å². The van der Waals surface area contributed by atoms with E-state index in [0.717, 1.165) is 25.9 Å². The number of benzene rings is 2. The van der Waals surface area contributed by atoms with Crippen molar-refractivity contribution in [1.29, 1.82) is 0 Å². The maximum Gasteiger partial charge on any atom is 0.358 e. The third-order valence-corrected chi connectivity index (χ3v) is 6.44. The minimum Gasteiger partial charge on any atom is -0.464 e. The van der Waals surface area contributed by atoms with Gasteiger partial charge in [-0.25, -0.2) is 9.78 Å². The van der Waals surface area contributed by atoms with Crippen molar-refractivity contribution in [2.45, 2.75) is 43.4 Å². The van der Waals surface area contributed by atoms with Crippen LogP contribution < -0.4 is 0 Å². The standard InChI is InChI=1S/C24H25NO4S2/c1-15(22(26)29-24(2,3)4)30-18-13-11-17(12-14-18)21-25-19(23(27)28-5)20(31-21)16-9-7-6-8-10-16/h6-15H,1-5H3. The Morgan fingerprint density at radius 1 is 1.00 bits per heavy atom. The first-order valence-electron chi connectivity index (χ1n) is 9.82. The van der Waals surface area contributed by atoms with Crippen molar-refractivity contribution < 1.29 is 19.1 Å². The van der Waals surface area contributed by atoms with Crippen LogP contribution in [0, 0.1) is 0 Å². The third kappa shape index (κ3) is 5.95. The van der Waals surface area contributed by atoms with Gasteiger partial charge in [0.25, 0.3) is 0 Å². The molecule has 0 aliphatic heterocycles. The van der Waals surface area contributed by atoms with Gasteiger partial charge in [0.1, 0.15) is 15.9 Å². The van der Waals surface area contributed by atoms with Crippen molar-refractivity contribution in [3.8, 4) is 21.0 Å². The van der Waals surface area contributed by atoms with Crippen molar-refractivity contribution in [2.24, 2.45) is 0 Å². The Kier molecular flexibility index (Phi) is 7.18. The van der Waals surface area contributed by atoms with Crippen molar-refractivity contribution >= 4 is 35.0 Å². The fourth-order valence-corrected chi connectivity index (χ4v) is 4.69. The molecule has 7 heteroatoms. The summed E-state index contributed by atoms with van der Waals surface area (Å²) in [5, 5.41) is 0.413. The first kappa shape index (κ1) is 23.0. The van der Waals surface area contributed by atoms with Crippen LogP contribution in [0.15, 0.2) is 59.5 Å². The number of hydrogen-bond acceptors (Lipinski definition) is 7. The fraction of sp³-hybridized carbons (Fsp3) is 0.292. The van der Waals surface area contributed by atoms with Crippen LogP contribution >= 0.6 is 23.1 Å². The van der Waals surface area contributed by atoms with Crippen LogP contribution in [0.5, 0.6) is 0 Å². The first-order chi connectivity index (χ1) is 14.7. The predicted molar refractivity (Wildman–Crippen MR) is 125 cm³/mol. The average molecular weight is 456 g/mol. The second kappa shape index (κ2) is 9.66. The molecule has 0 radical (unpaired) electrons. The Labute approximate surface area is 190 Å². The van der Waals surface area contributed by atoms with Gasteiger partial charge in [0.05, 0.1) is 12.0 Å². The molecule has 2 aromatic carbocycles. The second-order valence-corrected chi connectivity index (χ2v) is 10.3. The number of esters is 2. The van der Waals surface area contributed by atoms with Gasteiger partial charge < -0.3 is 9.47 Å². The largest absolute Gasteiger partial charge is 0.464 e. The van der Waals surface area contributed by atoms with Crippen molar-refractivity contribution in [2.75, 3.05) is 7.11 Å². The number of rotatable bonds is 6. The quantitative estimate of drug-likeness (QED) is 0.331. The SMILES string of the molecule is COC(=O)c1nc(-c2ccc(SC(C)C(=O)OC(C)(C)C)cc2)sc1-c1ccccc1. The van der Waals surface area contributed by atoms with Gasteiger partial charge >= 0.3 is 11.9 Å². The summed E-state index contributed by atoms with van der Waals surface area (Å²) >= 11 is 2.89. The van der Waals surface area contributed by atoms with E-state index < -0.39 is 11.6 Å². The highest BCUT2D eigenvalue weighted by Gasteiger charge is 2.23. The summed E-state index contributed by atoms with van der Waals surface area (Å²) in [6.45, 7) is 7.41. The van der Waals surface area contributed by atoms with Gasteiger partial charge in [-0.2, -0.15) is 0 Å². The van der Waals surface area contributed by atoms with Crippen LogP contribution in [0.4, 0.5) is 0 Å². The van der Waals surface area contributed by atoms with E-state index in [1.54, 1.807) is 0 Å². The van der Waals surface area contributed by atoms with E-state index in [0.29, 0.717) is 5.69 Å². The van der Waals surface area contributed by atoms with E-state index >= 15 is 0 Å². The molecule has 1 aromatic heterocycles. The van der Waals surface area contributed by atoms with Crippen molar-refractivity contribution in [3.05, 3.63) is 60.3 Å². The molecule has 0 amide bonds. The summed E-state index contributed by atoms with van der Waals surface area (Å²) in [5.74, 6) is -0.698. The van der Waals surface area contributed by atoms with Crippen LogP contribution in [0.2, 0.25) is 0 Å². The minimum absolute atomic E-state index is 0.239. The number of aromatic nitrogens is 1. The van der Waals surface area contributed by atoms with Gasteiger partial charge in [-0.15, -0.1) is 23.1 Å². The molecule has 0 saturated carbocycles. The molecule has 0 fully saturated rings. The predicted octanol–water partition coefficient (Wildman–Crippen LogP) is 6.09. The molecule has 5 nitrogen and oxygen atoms in total. The number of thiazole rings is 1. The normalized spacial score (nSPS) is 12.3. The van der Waals surface area contributed by atoms with E-state index in [9.17, 15) is 9.59 Å². The first-order valence-corrected chi connectivity index (χ1v) is 11.5. The minimum atomic E-state index is -0.506. The van der Waals surface area contributed by atoms with Gasteiger partial charge in [0.2, 0.25) is 0 Å². The summed E-state index contributed by atoms with van der Waals surface area (Å²) in [6, 6.07) is 17.4. The lowest BCUT2D eigenvalue weighted by Crippen LogP contribution is -2.28. The van der Waals surface area contributed by atoms with Crippen LogP contribution in [-0.4, -0.2) is 34.9 Å². The van der Waals surface area contributed by atoms with E-state index in [2.05, 4.69) is 4.98 Å². The molecule has 0 bridgehead atoms. The van der Waals surface area contributed by atoms with Gasteiger partial charge in [-0.1, -0.05) is 42.5 Å². The summed E-state index contributed by atoms with van der Waals surface area (Å²) in [6.07, 6.45) is 0. The molecular formula is C24H25NO4S2. The van der Waals surface area contributed by atoms with E-state index in [4.69, 9.17) is 9.47 Å². The number of thioether (sulfide) groups is 1. The molecule has 31 heavy (non-hydrogen) atoms. The Balaban J connectivity index is 1.82. The van der Waals surface area contributed by atoms with Crippen LogP contribution in [0.1, 0.15) is 38.2 Å². The van der Waals surface area contributed by atoms with Gasteiger partial charge in [0, 0.05) is 10.5 Å². The number of ether oxygens (including phenoxy) is 2. The highest BCUT2D eigenvalue weighted by molar-refractivity contribution is 8.00. The Hall–Kier alpha value is -2.64. The van der Waals surface area contributed by atoms with E-state index in [1.807, 2.05) is 82.3 Å². The Morgan fingerprint density at radius 2 is 1.65 bits per heavy atom. The highest BCUT2D eigenvalue weighted by Crippen LogP contribution is 2.36. The number of nitrogens with zero attached hydrogens (tertiary/aromatic N) is 1. The monoisotopic (exact) mass is 455 g/mol. The van der Waals surface area contributed by atoms with E-state index in [1.165, 1.54) is 30.2 Å². The molecule has 3 aromatic rings. The number of methoxy groups -OCH3 is 1. The molecule has 0 aliphatic carbocycles. The number of carbonyl (C=O) groups is 2. The van der Waals surface area contributed by atoms with Crippen LogP contribution in [-0.2, 0) is 14.3 Å². The van der Waals surface area contributed by atoms with Crippen molar-refractivity contribution in [3.63, 3.8) is 0 Å². The van der Waals surface area contributed by atoms with Gasteiger partial charge in [-0.3, -0.25) is 4.79 Å². The number of carbonyl (C=O) groups excluding carboxylic acids is 2. The average Bonchev–Trinajstić information content (AvgIpc) is 3.18. The molecule has 0 saturated heterocycles. The highest BCUT2D eigenvalue weighted by atomic mass is 32.2. The summed E-state index contributed by atoms with van der Waals surface area (Å²) in [5.41, 5.74) is 1.62. The zero-order chi connectivity index (χ0) is 22.6. The smallest absolute Gasteiger partial charge is 0.358 e. The molecule has 0 N–H and O–H groups in total. The molecule has 162 valence electrons. The molecule has 0 aliphatic rings. The Morgan fingerprint density at radius 3 is 2.23 bits per heavy atom. The molecule has 3 rings (SSSR count). The lowest BCUT2D eigenvalue weighted by Gasteiger charge is -2.22. The Bertz CT molecular complexity index is 1050. The van der Waals surface area contributed by atoms with Crippen molar-refractivity contribution in [1.82, 2.24) is 4.98 Å². The zero-order valence-corrected chi connectivity index (χ0v) is 19.8. The molecule has 1 atom stereocenters. The molecular weight excluding hydrogens is 430 g/mol. The summed E-state index contributed by atoms with van der Waals surface area (Å²) < 4.78 is 10.4.